The highest BCUT2D eigenvalue weighted by atomic mass is 16.5. The lowest BCUT2D eigenvalue weighted by Crippen LogP contribution is -2.44. The van der Waals surface area contributed by atoms with Gasteiger partial charge in [0.15, 0.2) is 0 Å². The third kappa shape index (κ3) is 9.62. The molecule has 2 saturated heterocycles. The van der Waals surface area contributed by atoms with E-state index in [1.165, 1.54) is 0 Å². The van der Waals surface area contributed by atoms with Gasteiger partial charge in [0.1, 0.15) is 24.2 Å². The van der Waals surface area contributed by atoms with Crippen molar-refractivity contribution in [1.29, 1.82) is 0 Å². The van der Waals surface area contributed by atoms with E-state index in [0.717, 1.165) is 11.1 Å². The molecule has 2 aliphatic heterocycles. The zero-order chi connectivity index (χ0) is 31.9. The van der Waals surface area contributed by atoms with Gasteiger partial charge in [-0.25, -0.2) is 0 Å². The van der Waals surface area contributed by atoms with Crippen LogP contribution in [-0.2, 0) is 51.2 Å². The third-order valence-corrected chi connectivity index (χ3v) is 7.68. The van der Waals surface area contributed by atoms with Crippen molar-refractivity contribution in [2.24, 2.45) is 0 Å². The van der Waals surface area contributed by atoms with Crippen LogP contribution in [0, 0.1) is 0 Å². The van der Waals surface area contributed by atoms with Crippen molar-refractivity contribution in [3.63, 3.8) is 0 Å². The number of likely N-dealkylation sites (tertiary alicyclic amines) is 2. The summed E-state index contributed by atoms with van der Waals surface area (Å²) >= 11 is 0. The Balaban J connectivity index is 0.000000240. The molecule has 0 bridgehead atoms. The Kier molecular flexibility index (Phi) is 14.3. The summed E-state index contributed by atoms with van der Waals surface area (Å²) in [6.07, 6.45) is 2.48. The molecular weight excluding hydrogens is 564 g/mol. The molecule has 0 unspecified atom stereocenters. The monoisotopic (exact) mass is 610 g/mol. The summed E-state index contributed by atoms with van der Waals surface area (Å²) in [5.41, 5.74) is 2.13. The summed E-state index contributed by atoms with van der Waals surface area (Å²) in [4.78, 5) is 52.4. The van der Waals surface area contributed by atoms with Crippen LogP contribution in [0.15, 0.2) is 60.7 Å². The van der Waals surface area contributed by atoms with Crippen LogP contribution in [0.5, 0.6) is 0 Å². The topological polar surface area (TPSA) is 112 Å². The van der Waals surface area contributed by atoms with E-state index in [4.69, 9.17) is 18.9 Å². The Morgan fingerprint density at radius 2 is 0.750 bits per heavy atom. The van der Waals surface area contributed by atoms with Crippen molar-refractivity contribution >= 4 is 23.9 Å². The average Bonchev–Trinajstić information content (AvgIpc) is 3.64. The third-order valence-electron chi connectivity index (χ3n) is 7.68. The van der Waals surface area contributed by atoms with E-state index in [1.54, 1.807) is 27.7 Å². The number of esters is 4. The minimum Gasteiger partial charge on any atom is -0.465 e. The highest BCUT2D eigenvalue weighted by Crippen LogP contribution is 2.29. The van der Waals surface area contributed by atoms with Crippen LogP contribution in [0.2, 0.25) is 0 Å². The molecule has 0 aromatic heterocycles. The van der Waals surface area contributed by atoms with Crippen molar-refractivity contribution in [2.75, 3.05) is 26.4 Å². The molecule has 2 aromatic rings. The number of nitrogens with zero attached hydrogens (tertiary/aromatic N) is 2. The van der Waals surface area contributed by atoms with E-state index < -0.39 is 0 Å². The van der Waals surface area contributed by atoms with E-state index in [2.05, 4.69) is 0 Å². The lowest BCUT2D eigenvalue weighted by molar-refractivity contribution is -0.155. The number of carbonyl (C=O) groups is 4. The first-order valence-corrected chi connectivity index (χ1v) is 15.6. The van der Waals surface area contributed by atoms with Gasteiger partial charge in [0.25, 0.3) is 0 Å². The Hall–Kier alpha value is -3.76. The fourth-order valence-electron chi connectivity index (χ4n) is 5.73. The van der Waals surface area contributed by atoms with Crippen LogP contribution in [0.25, 0.3) is 0 Å². The van der Waals surface area contributed by atoms with Crippen molar-refractivity contribution < 1.29 is 38.1 Å². The normalized spacial score (nSPS) is 21.5. The zero-order valence-corrected chi connectivity index (χ0v) is 26.3. The molecule has 2 aromatic carbocycles. The number of rotatable bonds is 12. The maximum Gasteiger partial charge on any atom is 0.323 e. The van der Waals surface area contributed by atoms with E-state index in [0.29, 0.717) is 65.2 Å². The molecule has 0 spiro atoms. The van der Waals surface area contributed by atoms with Gasteiger partial charge in [-0.3, -0.25) is 29.0 Å². The fraction of sp³-hybridized carbons (Fsp3) is 0.529. The largest absolute Gasteiger partial charge is 0.465 e. The molecule has 0 amide bonds. The van der Waals surface area contributed by atoms with Gasteiger partial charge >= 0.3 is 23.9 Å². The fourth-order valence-corrected chi connectivity index (χ4v) is 5.73. The number of hydrogen-bond donors (Lipinski definition) is 0. The molecule has 10 nitrogen and oxygen atoms in total. The predicted octanol–water partition coefficient (Wildman–Crippen LogP) is 4.29. The summed E-state index contributed by atoms with van der Waals surface area (Å²) in [5, 5.41) is 0. The van der Waals surface area contributed by atoms with Crippen LogP contribution in [0.1, 0.15) is 64.5 Å². The Bertz CT molecular complexity index is 1050. The lowest BCUT2D eigenvalue weighted by atomic mass is 10.2. The SMILES string of the molecule is CCOC(=O)[C@H]1CC[C@@H](C(=O)OCC)N1Cc1ccccc1.CCOC(=O)[C@H]1CC[C@@H](C(=O)OCC)N1Cc1ccccc1. The van der Waals surface area contributed by atoms with E-state index in [-0.39, 0.29) is 48.0 Å². The quantitative estimate of drug-likeness (QED) is 0.255. The first kappa shape index (κ1) is 34.7. The van der Waals surface area contributed by atoms with Crippen molar-refractivity contribution in [2.45, 2.75) is 90.6 Å². The summed E-state index contributed by atoms with van der Waals surface area (Å²) in [6.45, 7) is 9.61. The molecular formula is C34H46N2O8. The van der Waals surface area contributed by atoms with Gasteiger partial charge in [-0.1, -0.05) is 60.7 Å². The molecule has 10 heteroatoms. The predicted molar refractivity (Wildman–Crippen MR) is 164 cm³/mol. The van der Waals surface area contributed by atoms with Gasteiger partial charge in [-0.05, 0) is 64.5 Å². The molecule has 240 valence electrons. The molecule has 2 heterocycles. The number of carbonyl (C=O) groups excluding carboxylic acids is 4. The molecule has 44 heavy (non-hydrogen) atoms. The van der Waals surface area contributed by atoms with Crippen LogP contribution < -0.4 is 0 Å². The summed E-state index contributed by atoms with van der Waals surface area (Å²) in [6, 6.07) is 18.1. The number of benzene rings is 2. The lowest BCUT2D eigenvalue weighted by Gasteiger charge is -2.27. The summed E-state index contributed by atoms with van der Waals surface area (Å²) < 4.78 is 20.6. The maximum atomic E-state index is 12.2. The first-order chi connectivity index (χ1) is 21.3. The molecule has 0 saturated carbocycles. The summed E-state index contributed by atoms with van der Waals surface area (Å²) in [7, 11) is 0. The Labute approximate surface area is 260 Å². The zero-order valence-electron chi connectivity index (χ0n) is 26.3. The average molecular weight is 611 g/mol. The molecule has 0 radical (unpaired) electrons. The Morgan fingerprint density at radius 1 is 0.500 bits per heavy atom. The van der Waals surface area contributed by atoms with Crippen molar-refractivity contribution in [3.05, 3.63) is 71.8 Å². The van der Waals surface area contributed by atoms with Gasteiger partial charge in [0.2, 0.25) is 0 Å². The van der Waals surface area contributed by atoms with Gasteiger partial charge in [-0.15, -0.1) is 0 Å². The smallest absolute Gasteiger partial charge is 0.323 e. The molecule has 2 fully saturated rings. The Morgan fingerprint density at radius 3 is 0.977 bits per heavy atom. The van der Waals surface area contributed by atoms with Gasteiger partial charge in [0, 0.05) is 13.1 Å². The minimum absolute atomic E-state index is 0.259. The molecule has 4 rings (SSSR count). The molecule has 2 aliphatic rings. The van der Waals surface area contributed by atoms with E-state index in [9.17, 15) is 19.2 Å². The highest BCUT2D eigenvalue weighted by Gasteiger charge is 2.44. The number of ether oxygens (including phenoxy) is 4. The van der Waals surface area contributed by atoms with Crippen LogP contribution in [0.4, 0.5) is 0 Å². The second-order valence-electron chi connectivity index (χ2n) is 10.5. The molecule has 4 atom stereocenters. The molecule has 0 N–H and O–H groups in total. The van der Waals surface area contributed by atoms with E-state index in [1.807, 2.05) is 70.5 Å². The van der Waals surface area contributed by atoms with Crippen LogP contribution in [-0.4, -0.2) is 84.3 Å². The highest BCUT2D eigenvalue weighted by molar-refractivity contribution is 5.82. The van der Waals surface area contributed by atoms with E-state index >= 15 is 0 Å². The second kappa shape index (κ2) is 18.1. The first-order valence-electron chi connectivity index (χ1n) is 15.6. The summed E-state index contributed by atoms with van der Waals surface area (Å²) in [5.74, 6) is -1.04. The van der Waals surface area contributed by atoms with Crippen molar-refractivity contribution in [3.8, 4) is 0 Å². The van der Waals surface area contributed by atoms with Gasteiger partial charge in [0.05, 0.1) is 26.4 Å². The van der Waals surface area contributed by atoms with Gasteiger partial charge in [-0.2, -0.15) is 0 Å². The van der Waals surface area contributed by atoms with Crippen molar-refractivity contribution in [1.82, 2.24) is 9.80 Å². The maximum absolute atomic E-state index is 12.2. The van der Waals surface area contributed by atoms with Gasteiger partial charge < -0.3 is 18.9 Å². The van der Waals surface area contributed by atoms with Crippen LogP contribution in [0.3, 0.4) is 0 Å². The molecule has 0 aliphatic carbocycles. The standard InChI is InChI=1S/2C17H23NO4/c2*1-3-21-16(19)14-10-11-15(17(20)22-4-2)18(14)12-13-8-6-5-7-9-13/h2*5-9,14-15H,3-4,10-12H2,1-2H3/t2*14-,15+. The minimum atomic E-state index is -0.380. The number of hydrogen-bond acceptors (Lipinski definition) is 10. The van der Waals surface area contributed by atoms with Crippen LogP contribution >= 0.6 is 0 Å². The second-order valence-corrected chi connectivity index (χ2v) is 10.5.